The van der Waals surface area contributed by atoms with Crippen molar-refractivity contribution in [3.8, 4) is 0 Å². The smallest absolute Gasteiger partial charge is 0.353 e. The average Bonchev–Trinajstić information content (AvgIpc) is 2.70. The fraction of sp³-hybridized carbons (Fsp3) is 0.727. The van der Waals surface area contributed by atoms with Gasteiger partial charge in [-0.05, 0) is 25.0 Å². The molecule has 0 radical (unpaired) electrons. The minimum absolute atomic E-state index is 0.210. The average molecular weight is 255 g/mol. The summed E-state index contributed by atoms with van der Waals surface area (Å²) in [6.07, 6.45) is 5.22. The van der Waals surface area contributed by atoms with E-state index in [1.165, 1.54) is 22.7 Å². The highest BCUT2D eigenvalue weighted by molar-refractivity contribution is 7.98. The molecule has 3 atom stereocenters. The molecule has 1 aliphatic heterocycles. The summed E-state index contributed by atoms with van der Waals surface area (Å²) >= 11 is 1.36. The van der Waals surface area contributed by atoms with Crippen LogP contribution in [0.2, 0.25) is 0 Å². The third-order valence-corrected chi connectivity index (χ3v) is 3.70. The Hall–Kier alpha value is -0.880. The Kier molecular flexibility index (Phi) is 3.83. The van der Waals surface area contributed by atoms with Gasteiger partial charge in [-0.25, -0.2) is 9.78 Å². The summed E-state index contributed by atoms with van der Waals surface area (Å²) in [5.74, 6) is 0.470. The standard InChI is InChI=1S/C11H17N3O2S/c1-4-8-7(2)5-9(16-8)14-6-12-10(17-3)13-11(14)15/h6-9H,4-5H2,1-3H3/t7-,8-,9-/m1/s1. The normalized spacial score (nSPS) is 28.5. The Bertz CT molecular complexity index is 449. The zero-order valence-corrected chi connectivity index (χ0v) is 11.1. The molecule has 17 heavy (non-hydrogen) atoms. The van der Waals surface area contributed by atoms with Gasteiger partial charge in [-0.2, -0.15) is 4.98 Å². The first-order valence-electron chi connectivity index (χ1n) is 5.80. The summed E-state index contributed by atoms with van der Waals surface area (Å²) < 4.78 is 7.33. The van der Waals surface area contributed by atoms with E-state index in [9.17, 15) is 4.79 Å². The topological polar surface area (TPSA) is 57.0 Å². The Balaban J connectivity index is 2.22. The van der Waals surface area contributed by atoms with E-state index in [1.54, 1.807) is 0 Å². The fourth-order valence-electron chi connectivity index (χ4n) is 2.16. The summed E-state index contributed by atoms with van der Waals surface area (Å²) in [6.45, 7) is 4.25. The molecule has 1 aromatic rings. The van der Waals surface area contributed by atoms with Crippen molar-refractivity contribution in [3.05, 3.63) is 16.8 Å². The summed E-state index contributed by atoms with van der Waals surface area (Å²) in [7, 11) is 0. The molecule has 0 aromatic carbocycles. The molecule has 2 heterocycles. The molecular weight excluding hydrogens is 238 g/mol. The van der Waals surface area contributed by atoms with Crippen LogP contribution in [-0.4, -0.2) is 26.9 Å². The van der Waals surface area contributed by atoms with Gasteiger partial charge in [0, 0.05) is 0 Å². The van der Waals surface area contributed by atoms with Crippen LogP contribution in [0.1, 0.15) is 32.9 Å². The predicted octanol–water partition coefficient (Wildman–Crippen LogP) is 1.69. The molecule has 0 N–H and O–H groups in total. The van der Waals surface area contributed by atoms with Gasteiger partial charge < -0.3 is 4.74 Å². The molecule has 6 heteroatoms. The number of thioether (sulfide) groups is 1. The van der Waals surface area contributed by atoms with Crippen molar-refractivity contribution in [2.75, 3.05) is 6.26 Å². The van der Waals surface area contributed by atoms with Crippen LogP contribution in [-0.2, 0) is 4.74 Å². The van der Waals surface area contributed by atoms with Crippen molar-refractivity contribution in [2.45, 2.75) is 44.2 Å². The number of hydrogen-bond acceptors (Lipinski definition) is 5. The monoisotopic (exact) mass is 255 g/mol. The van der Waals surface area contributed by atoms with Gasteiger partial charge in [-0.15, -0.1) is 0 Å². The van der Waals surface area contributed by atoms with Crippen molar-refractivity contribution < 1.29 is 4.74 Å². The van der Waals surface area contributed by atoms with E-state index in [4.69, 9.17) is 4.74 Å². The van der Waals surface area contributed by atoms with Gasteiger partial charge in [-0.1, -0.05) is 25.6 Å². The van der Waals surface area contributed by atoms with E-state index in [1.807, 2.05) is 6.26 Å². The molecule has 0 amide bonds. The van der Waals surface area contributed by atoms with E-state index in [0.29, 0.717) is 11.1 Å². The number of nitrogens with zero attached hydrogens (tertiary/aromatic N) is 3. The number of hydrogen-bond donors (Lipinski definition) is 0. The van der Waals surface area contributed by atoms with E-state index in [-0.39, 0.29) is 18.0 Å². The maximum absolute atomic E-state index is 11.8. The molecule has 1 aromatic heterocycles. The van der Waals surface area contributed by atoms with Crippen molar-refractivity contribution in [1.29, 1.82) is 0 Å². The van der Waals surface area contributed by atoms with E-state index < -0.39 is 0 Å². The Morgan fingerprint density at radius 1 is 1.65 bits per heavy atom. The molecule has 2 rings (SSSR count). The summed E-state index contributed by atoms with van der Waals surface area (Å²) in [4.78, 5) is 19.8. The lowest BCUT2D eigenvalue weighted by Gasteiger charge is -2.14. The first-order chi connectivity index (χ1) is 8.15. The highest BCUT2D eigenvalue weighted by Gasteiger charge is 2.32. The second kappa shape index (κ2) is 5.18. The van der Waals surface area contributed by atoms with E-state index in [2.05, 4.69) is 23.8 Å². The Morgan fingerprint density at radius 3 is 2.94 bits per heavy atom. The van der Waals surface area contributed by atoms with Gasteiger partial charge in [0.15, 0.2) is 5.16 Å². The zero-order chi connectivity index (χ0) is 12.4. The SMILES string of the molecule is CC[C@H]1O[C@@H](n2cnc(SC)nc2=O)C[C@H]1C. The molecule has 0 unspecified atom stereocenters. The lowest BCUT2D eigenvalue weighted by molar-refractivity contribution is -0.00843. The minimum Gasteiger partial charge on any atom is -0.354 e. The molecular formula is C11H17N3O2S. The van der Waals surface area contributed by atoms with Gasteiger partial charge in [0.2, 0.25) is 0 Å². The van der Waals surface area contributed by atoms with Crippen LogP contribution in [0.5, 0.6) is 0 Å². The summed E-state index contributed by atoms with van der Waals surface area (Å²) in [5.41, 5.74) is -0.279. The van der Waals surface area contributed by atoms with Gasteiger partial charge >= 0.3 is 5.69 Å². The first-order valence-corrected chi connectivity index (χ1v) is 7.02. The van der Waals surface area contributed by atoms with Crippen LogP contribution >= 0.6 is 11.8 Å². The highest BCUT2D eigenvalue weighted by Crippen LogP contribution is 2.33. The number of aromatic nitrogens is 3. The maximum Gasteiger partial charge on any atom is 0.353 e. The molecule has 0 bridgehead atoms. The van der Waals surface area contributed by atoms with Crippen LogP contribution in [0.3, 0.4) is 0 Å². The summed E-state index contributed by atoms with van der Waals surface area (Å²) in [5, 5.41) is 0.504. The van der Waals surface area contributed by atoms with E-state index in [0.717, 1.165) is 12.8 Å². The maximum atomic E-state index is 11.8. The van der Waals surface area contributed by atoms with Gasteiger partial charge in [0.1, 0.15) is 12.6 Å². The van der Waals surface area contributed by atoms with Crippen LogP contribution in [0, 0.1) is 5.92 Å². The van der Waals surface area contributed by atoms with E-state index >= 15 is 0 Å². The summed E-state index contributed by atoms with van der Waals surface area (Å²) in [6, 6.07) is 0. The van der Waals surface area contributed by atoms with Gasteiger partial charge in [0.25, 0.3) is 0 Å². The van der Waals surface area contributed by atoms with Gasteiger partial charge in [-0.3, -0.25) is 4.57 Å². The van der Waals surface area contributed by atoms with Crippen molar-refractivity contribution >= 4 is 11.8 Å². The molecule has 5 nitrogen and oxygen atoms in total. The molecule has 94 valence electrons. The predicted molar refractivity (Wildman–Crippen MR) is 66.1 cm³/mol. The van der Waals surface area contributed by atoms with Crippen LogP contribution in [0.4, 0.5) is 0 Å². The lowest BCUT2D eigenvalue weighted by Crippen LogP contribution is -2.28. The molecule has 0 spiro atoms. The minimum atomic E-state index is -0.279. The Labute approximate surface area is 105 Å². The highest BCUT2D eigenvalue weighted by atomic mass is 32.2. The van der Waals surface area contributed by atoms with Crippen molar-refractivity contribution in [2.24, 2.45) is 5.92 Å². The Morgan fingerprint density at radius 2 is 2.41 bits per heavy atom. The largest absolute Gasteiger partial charge is 0.354 e. The quantitative estimate of drug-likeness (QED) is 0.769. The van der Waals surface area contributed by atoms with Crippen molar-refractivity contribution in [1.82, 2.24) is 14.5 Å². The molecule has 1 saturated heterocycles. The zero-order valence-electron chi connectivity index (χ0n) is 10.3. The second-order valence-electron chi connectivity index (χ2n) is 4.28. The van der Waals surface area contributed by atoms with Crippen molar-refractivity contribution in [3.63, 3.8) is 0 Å². The second-order valence-corrected chi connectivity index (χ2v) is 5.06. The number of rotatable bonds is 3. The number of ether oxygens (including phenoxy) is 1. The van der Waals surface area contributed by atoms with Crippen LogP contribution in [0.25, 0.3) is 0 Å². The molecule has 0 aliphatic carbocycles. The van der Waals surface area contributed by atoms with Gasteiger partial charge in [0.05, 0.1) is 6.10 Å². The molecule has 1 aliphatic rings. The first kappa shape index (κ1) is 12.6. The lowest BCUT2D eigenvalue weighted by atomic mass is 10.0. The van der Waals surface area contributed by atoms with Crippen LogP contribution in [0.15, 0.2) is 16.3 Å². The van der Waals surface area contributed by atoms with Crippen LogP contribution < -0.4 is 5.69 Å². The third-order valence-electron chi connectivity index (χ3n) is 3.14. The fourth-order valence-corrected chi connectivity index (χ4v) is 2.49. The third kappa shape index (κ3) is 2.52. The molecule has 1 fully saturated rings. The molecule has 0 saturated carbocycles.